The maximum atomic E-state index is 13.0. The molecule has 0 atom stereocenters. The molecule has 0 unspecified atom stereocenters. The number of rotatable bonds is 2. The number of fused-ring (bicyclic) bond motifs is 3. The Morgan fingerprint density at radius 1 is 1.03 bits per heavy atom. The molecular formula is C23H22N4O2S. The Balaban J connectivity index is 1.48. The van der Waals surface area contributed by atoms with Crippen molar-refractivity contribution in [1.29, 1.82) is 0 Å². The number of hydrogen-bond donors (Lipinski definition) is 1. The molecule has 30 heavy (non-hydrogen) atoms. The van der Waals surface area contributed by atoms with E-state index in [1.165, 1.54) is 11.3 Å². The zero-order chi connectivity index (χ0) is 20.7. The fourth-order valence-corrected chi connectivity index (χ4v) is 4.95. The average molecular weight is 419 g/mol. The predicted octanol–water partition coefficient (Wildman–Crippen LogP) is 4.68. The lowest BCUT2D eigenvalue weighted by molar-refractivity contribution is 0.102. The first-order valence-electron chi connectivity index (χ1n) is 10.3. The highest BCUT2D eigenvalue weighted by Gasteiger charge is 2.16. The summed E-state index contributed by atoms with van der Waals surface area (Å²) < 4.78 is 2.85. The van der Waals surface area contributed by atoms with Gasteiger partial charge in [0.15, 0.2) is 5.13 Å². The maximum absolute atomic E-state index is 13.0. The van der Waals surface area contributed by atoms with Gasteiger partial charge in [-0.2, -0.15) is 0 Å². The number of nitrogens with zero attached hydrogens (tertiary/aromatic N) is 3. The van der Waals surface area contributed by atoms with Crippen molar-refractivity contribution in [1.82, 2.24) is 14.5 Å². The molecule has 1 aliphatic heterocycles. The first-order valence-corrected chi connectivity index (χ1v) is 11.1. The van der Waals surface area contributed by atoms with E-state index in [-0.39, 0.29) is 11.5 Å². The third-order valence-corrected chi connectivity index (χ3v) is 6.53. The standard InChI is InChI=1S/C23H22N4O2S/c1-14-7-10-17-19(12-14)30-23(25-17)26-21(28)15-8-9-16-18(13-15)24-20-6-4-2-3-5-11-27(20)22(16)29/h7-10,12-13H,2-6,11H2,1H3,(H,25,26,28). The molecule has 5 rings (SSSR count). The van der Waals surface area contributed by atoms with Crippen molar-refractivity contribution in [3.8, 4) is 0 Å². The lowest BCUT2D eigenvalue weighted by atomic mass is 10.1. The summed E-state index contributed by atoms with van der Waals surface area (Å²) in [5.74, 6) is 0.577. The van der Waals surface area contributed by atoms with Gasteiger partial charge in [-0.1, -0.05) is 30.2 Å². The zero-order valence-electron chi connectivity index (χ0n) is 16.8. The number of benzene rings is 2. The van der Waals surface area contributed by atoms with Crippen LogP contribution in [0.25, 0.3) is 21.1 Å². The summed E-state index contributed by atoms with van der Waals surface area (Å²) in [6.45, 7) is 2.75. The maximum Gasteiger partial charge on any atom is 0.261 e. The number of aromatic nitrogens is 3. The van der Waals surface area contributed by atoms with Crippen LogP contribution in [-0.4, -0.2) is 20.4 Å². The molecule has 1 amide bonds. The quantitative estimate of drug-likeness (QED) is 0.513. The lowest BCUT2D eigenvalue weighted by Crippen LogP contribution is -2.26. The molecule has 4 aromatic rings. The second kappa shape index (κ2) is 7.65. The molecular weight excluding hydrogens is 396 g/mol. The fraction of sp³-hybridized carbons (Fsp3) is 0.304. The van der Waals surface area contributed by atoms with Gasteiger partial charge in [0.1, 0.15) is 5.82 Å². The molecule has 0 radical (unpaired) electrons. The summed E-state index contributed by atoms with van der Waals surface area (Å²) in [6.07, 6.45) is 5.15. The van der Waals surface area contributed by atoms with E-state index in [1.807, 2.05) is 23.6 Å². The molecule has 0 bridgehead atoms. The van der Waals surface area contributed by atoms with E-state index < -0.39 is 0 Å². The van der Waals surface area contributed by atoms with Gasteiger partial charge in [0.2, 0.25) is 0 Å². The third-order valence-electron chi connectivity index (χ3n) is 5.59. The molecule has 152 valence electrons. The first-order chi connectivity index (χ1) is 14.6. The Hall–Kier alpha value is -3.06. The highest BCUT2D eigenvalue weighted by molar-refractivity contribution is 7.22. The topological polar surface area (TPSA) is 76.9 Å². The lowest BCUT2D eigenvalue weighted by Gasteiger charge is -2.16. The second-order valence-electron chi connectivity index (χ2n) is 7.83. The van der Waals surface area contributed by atoms with Crippen LogP contribution in [0.2, 0.25) is 0 Å². The van der Waals surface area contributed by atoms with E-state index in [9.17, 15) is 9.59 Å². The van der Waals surface area contributed by atoms with Gasteiger partial charge in [-0.3, -0.25) is 19.5 Å². The smallest absolute Gasteiger partial charge is 0.261 e. The summed E-state index contributed by atoms with van der Waals surface area (Å²) in [5.41, 5.74) is 3.07. The number of hydrogen-bond acceptors (Lipinski definition) is 5. The second-order valence-corrected chi connectivity index (χ2v) is 8.86. The summed E-state index contributed by atoms with van der Waals surface area (Å²) >= 11 is 1.45. The zero-order valence-corrected chi connectivity index (χ0v) is 17.6. The summed E-state index contributed by atoms with van der Waals surface area (Å²) in [7, 11) is 0. The highest BCUT2D eigenvalue weighted by atomic mass is 32.1. The van der Waals surface area contributed by atoms with Crippen LogP contribution in [0.3, 0.4) is 0 Å². The van der Waals surface area contributed by atoms with Gasteiger partial charge in [0, 0.05) is 18.5 Å². The third kappa shape index (κ3) is 3.50. The predicted molar refractivity (Wildman–Crippen MR) is 120 cm³/mol. The number of carbonyl (C=O) groups is 1. The minimum absolute atomic E-state index is 0.00889. The van der Waals surface area contributed by atoms with Crippen molar-refractivity contribution >= 4 is 43.5 Å². The first kappa shape index (κ1) is 18.9. The van der Waals surface area contributed by atoms with Crippen LogP contribution in [0.1, 0.15) is 47.4 Å². The van der Waals surface area contributed by atoms with Crippen molar-refractivity contribution in [2.24, 2.45) is 0 Å². The molecule has 6 nitrogen and oxygen atoms in total. The van der Waals surface area contributed by atoms with E-state index in [0.717, 1.165) is 60.3 Å². The van der Waals surface area contributed by atoms with Crippen LogP contribution in [0.5, 0.6) is 0 Å². The van der Waals surface area contributed by atoms with Crippen LogP contribution in [-0.2, 0) is 13.0 Å². The van der Waals surface area contributed by atoms with E-state index in [0.29, 0.717) is 21.6 Å². The number of amides is 1. The van der Waals surface area contributed by atoms with E-state index in [1.54, 1.807) is 18.2 Å². The van der Waals surface area contributed by atoms with Gasteiger partial charge in [0.25, 0.3) is 11.5 Å². The van der Waals surface area contributed by atoms with Crippen LogP contribution in [0.15, 0.2) is 41.2 Å². The Bertz CT molecular complexity index is 1340. The van der Waals surface area contributed by atoms with Crippen molar-refractivity contribution < 1.29 is 4.79 Å². The largest absolute Gasteiger partial charge is 0.298 e. The van der Waals surface area contributed by atoms with Gasteiger partial charge < -0.3 is 0 Å². The van der Waals surface area contributed by atoms with E-state index >= 15 is 0 Å². The van der Waals surface area contributed by atoms with Gasteiger partial charge >= 0.3 is 0 Å². The summed E-state index contributed by atoms with van der Waals surface area (Å²) in [4.78, 5) is 35.0. The molecule has 1 aliphatic rings. The average Bonchev–Trinajstić information content (AvgIpc) is 3.10. The summed E-state index contributed by atoms with van der Waals surface area (Å²) in [6, 6.07) is 11.1. The molecule has 0 fully saturated rings. The van der Waals surface area contributed by atoms with Gasteiger partial charge in [-0.25, -0.2) is 9.97 Å². The molecule has 1 N–H and O–H groups in total. The van der Waals surface area contributed by atoms with Gasteiger partial charge in [-0.15, -0.1) is 0 Å². The number of nitrogens with one attached hydrogen (secondary N) is 1. The van der Waals surface area contributed by atoms with Crippen molar-refractivity contribution in [3.05, 3.63) is 63.7 Å². The normalized spacial score (nSPS) is 14.3. The molecule has 2 aromatic heterocycles. The molecule has 0 spiro atoms. The van der Waals surface area contributed by atoms with Crippen LogP contribution >= 0.6 is 11.3 Å². The number of thiazole rings is 1. The summed E-state index contributed by atoms with van der Waals surface area (Å²) in [5, 5.41) is 4.01. The van der Waals surface area contributed by atoms with Crippen molar-refractivity contribution in [3.63, 3.8) is 0 Å². The van der Waals surface area contributed by atoms with Crippen LogP contribution < -0.4 is 10.9 Å². The highest BCUT2D eigenvalue weighted by Crippen LogP contribution is 2.27. The van der Waals surface area contributed by atoms with Gasteiger partial charge in [0.05, 0.1) is 21.1 Å². The van der Waals surface area contributed by atoms with Crippen LogP contribution in [0, 0.1) is 6.92 Å². The minimum Gasteiger partial charge on any atom is -0.298 e. The Morgan fingerprint density at radius 2 is 1.90 bits per heavy atom. The van der Waals surface area contributed by atoms with E-state index in [2.05, 4.69) is 16.4 Å². The van der Waals surface area contributed by atoms with Crippen molar-refractivity contribution in [2.45, 2.75) is 45.6 Å². The molecule has 3 heterocycles. The fourth-order valence-electron chi connectivity index (χ4n) is 3.99. The minimum atomic E-state index is -0.249. The van der Waals surface area contributed by atoms with Crippen molar-refractivity contribution in [2.75, 3.05) is 5.32 Å². The monoisotopic (exact) mass is 418 g/mol. The molecule has 0 aliphatic carbocycles. The van der Waals surface area contributed by atoms with Gasteiger partial charge in [-0.05, 0) is 55.7 Å². The van der Waals surface area contributed by atoms with Crippen LogP contribution in [0.4, 0.5) is 5.13 Å². The molecule has 0 saturated heterocycles. The molecule has 0 saturated carbocycles. The Labute approximate surface area is 177 Å². The molecule has 2 aromatic carbocycles. The van der Waals surface area contributed by atoms with E-state index in [4.69, 9.17) is 4.98 Å². The Kier molecular flexibility index (Phi) is 4.83. The SMILES string of the molecule is Cc1ccc2nc(NC(=O)c3ccc4c(=O)n5c(nc4c3)CCCCCC5)sc2c1. The number of aryl methyl sites for hydroxylation is 2. The number of anilines is 1. The molecule has 7 heteroatoms. The number of carbonyl (C=O) groups excluding carboxylic acids is 1. The Morgan fingerprint density at radius 3 is 2.80 bits per heavy atom.